The molecule has 5 heteroatoms. The van der Waals surface area contributed by atoms with E-state index < -0.39 is 0 Å². The number of ether oxygens (including phenoxy) is 1. The molecule has 2 aromatic rings. The standard InChI is InChI=1S/C16H17N3OS/c1-9-7-12(15(16(17)21)10(2)18-9)19-13-8-20-14-6-4-3-5-11(13)14/h3-7,13H,8H2,1-2H3,(H2,17,21)(H,18,19). The zero-order valence-corrected chi connectivity index (χ0v) is 12.8. The lowest BCUT2D eigenvalue weighted by Crippen LogP contribution is -2.19. The van der Waals surface area contributed by atoms with Gasteiger partial charge in [-0.05, 0) is 26.0 Å². The first kappa shape index (κ1) is 13.8. The maximum Gasteiger partial charge on any atom is 0.124 e. The maximum absolute atomic E-state index is 5.85. The van der Waals surface area contributed by atoms with Gasteiger partial charge < -0.3 is 15.8 Å². The molecule has 2 heterocycles. The summed E-state index contributed by atoms with van der Waals surface area (Å²) in [6, 6.07) is 10.1. The van der Waals surface area contributed by atoms with Gasteiger partial charge in [0.2, 0.25) is 0 Å². The van der Waals surface area contributed by atoms with Crippen LogP contribution in [0, 0.1) is 13.8 Å². The number of thiocarbonyl (C=S) groups is 1. The second-order valence-corrected chi connectivity index (χ2v) is 5.62. The topological polar surface area (TPSA) is 60.2 Å². The van der Waals surface area contributed by atoms with Crippen LogP contribution in [0.3, 0.4) is 0 Å². The highest BCUT2D eigenvalue weighted by molar-refractivity contribution is 7.80. The van der Waals surface area contributed by atoms with Crippen LogP contribution in [0.1, 0.15) is 28.6 Å². The summed E-state index contributed by atoms with van der Waals surface area (Å²) in [5, 5.41) is 3.50. The minimum atomic E-state index is 0.0931. The van der Waals surface area contributed by atoms with Gasteiger partial charge in [-0.25, -0.2) is 0 Å². The Balaban J connectivity index is 1.98. The molecule has 1 unspecified atom stereocenters. The quantitative estimate of drug-likeness (QED) is 0.853. The first-order valence-electron chi connectivity index (χ1n) is 6.82. The van der Waals surface area contributed by atoms with Gasteiger partial charge in [0, 0.05) is 22.6 Å². The van der Waals surface area contributed by atoms with Gasteiger partial charge in [-0.3, -0.25) is 4.98 Å². The number of nitrogens with zero attached hydrogens (tertiary/aromatic N) is 1. The summed E-state index contributed by atoms with van der Waals surface area (Å²) in [4.78, 5) is 4.79. The molecule has 0 fully saturated rings. The molecule has 0 saturated heterocycles. The van der Waals surface area contributed by atoms with Crippen molar-refractivity contribution < 1.29 is 4.74 Å². The third kappa shape index (κ3) is 2.56. The fourth-order valence-corrected chi connectivity index (χ4v) is 2.98. The lowest BCUT2D eigenvalue weighted by Gasteiger charge is -2.18. The summed E-state index contributed by atoms with van der Waals surface area (Å²) < 4.78 is 5.70. The van der Waals surface area contributed by atoms with Crippen LogP contribution in [-0.4, -0.2) is 16.6 Å². The van der Waals surface area contributed by atoms with E-state index in [1.54, 1.807) is 0 Å². The minimum Gasteiger partial charge on any atom is -0.491 e. The van der Waals surface area contributed by atoms with Crippen LogP contribution in [-0.2, 0) is 0 Å². The van der Waals surface area contributed by atoms with Gasteiger partial charge in [0.15, 0.2) is 0 Å². The predicted octanol–water partition coefficient (Wildman–Crippen LogP) is 2.88. The van der Waals surface area contributed by atoms with E-state index in [2.05, 4.69) is 16.4 Å². The molecule has 1 aliphatic heterocycles. The zero-order valence-electron chi connectivity index (χ0n) is 12.0. The van der Waals surface area contributed by atoms with Crippen LogP contribution in [0.5, 0.6) is 5.75 Å². The van der Waals surface area contributed by atoms with E-state index in [4.69, 9.17) is 22.7 Å². The van der Waals surface area contributed by atoms with Gasteiger partial charge in [-0.15, -0.1) is 0 Å². The van der Waals surface area contributed by atoms with Crippen LogP contribution >= 0.6 is 12.2 Å². The summed E-state index contributed by atoms with van der Waals surface area (Å²) in [5.74, 6) is 0.925. The van der Waals surface area contributed by atoms with Crippen molar-refractivity contribution in [3.05, 3.63) is 52.8 Å². The molecule has 4 nitrogen and oxygen atoms in total. The molecule has 1 atom stereocenters. The highest BCUT2D eigenvalue weighted by Gasteiger charge is 2.25. The van der Waals surface area contributed by atoms with E-state index in [0.717, 1.165) is 34.0 Å². The lowest BCUT2D eigenvalue weighted by molar-refractivity contribution is 0.340. The molecule has 108 valence electrons. The number of fused-ring (bicyclic) bond motifs is 1. The third-order valence-electron chi connectivity index (χ3n) is 3.60. The molecular formula is C16H17N3OS. The van der Waals surface area contributed by atoms with Gasteiger partial charge in [0.05, 0.1) is 11.6 Å². The average molecular weight is 299 g/mol. The number of anilines is 1. The Morgan fingerprint density at radius 2 is 2.14 bits per heavy atom. The molecule has 0 aliphatic carbocycles. The van der Waals surface area contributed by atoms with E-state index in [1.807, 2.05) is 38.1 Å². The number of hydrogen-bond acceptors (Lipinski definition) is 4. The first-order valence-corrected chi connectivity index (χ1v) is 7.23. The predicted molar refractivity (Wildman–Crippen MR) is 87.9 cm³/mol. The molecule has 0 saturated carbocycles. The van der Waals surface area contributed by atoms with Crippen molar-refractivity contribution in [2.24, 2.45) is 5.73 Å². The Morgan fingerprint density at radius 3 is 2.90 bits per heavy atom. The number of rotatable bonds is 3. The van der Waals surface area contributed by atoms with Gasteiger partial charge in [-0.2, -0.15) is 0 Å². The summed E-state index contributed by atoms with van der Waals surface area (Å²) in [5.41, 5.74) is 10.5. The normalized spacial score (nSPS) is 16.2. The number of aryl methyl sites for hydroxylation is 2. The molecule has 3 rings (SSSR count). The Hall–Kier alpha value is -2.14. The third-order valence-corrected chi connectivity index (χ3v) is 3.81. The van der Waals surface area contributed by atoms with Gasteiger partial charge in [0.1, 0.15) is 17.3 Å². The van der Waals surface area contributed by atoms with Crippen LogP contribution < -0.4 is 15.8 Å². The van der Waals surface area contributed by atoms with Crippen LogP contribution in [0.15, 0.2) is 30.3 Å². The number of nitrogens with two attached hydrogens (primary N) is 1. The number of nitrogens with one attached hydrogen (secondary N) is 1. The Bertz CT molecular complexity index is 715. The molecule has 0 bridgehead atoms. The number of pyridine rings is 1. The SMILES string of the molecule is Cc1cc(NC2COc3ccccc32)c(C(N)=S)c(C)n1. The van der Waals surface area contributed by atoms with Crippen molar-refractivity contribution in [2.45, 2.75) is 19.9 Å². The van der Waals surface area contributed by atoms with E-state index in [-0.39, 0.29) is 6.04 Å². The van der Waals surface area contributed by atoms with E-state index in [0.29, 0.717) is 11.6 Å². The Morgan fingerprint density at radius 1 is 1.38 bits per heavy atom. The highest BCUT2D eigenvalue weighted by Crippen LogP contribution is 2.35. The van der Waals surface area contributed by atoms with Crippen molar-refractivity contribution in [3.8, 4) is 5.75 Å². The van der Waals surface area contributed by atoms with E-state index in [9.17, 15) is 0 Å². The molecular weight excluding hydrogens is 282 g/mol. The second-order valence-electron chi connectivity index (χ2n) is 5.18. The van der Waals surface area contributed by atoms with Crippen molar-refractivity contribution in [2.75, 3.05) is 11.9 Å². The number of hydrogen-bond donors (Lipinski definition) is 2. The van der Waals surface area contributed by atoms with E-state index in [1.165, 1.54) is 0 Å². The highest BCUT2D eigenvalue weighted by atomic mass is 32.1. The van der Waals surface area contributed by atoms with Gasteiger partial charge in [-0.1, -0.05) is 30.4 Å². The molecule has 3 N–H and O–H groups in total. The zero-order chi connectivity index (χ0) is 15.0. The fraction of sp³-hybridized carbons (Fsp3) is 0.250. The Kier molecular flexibility index (Phi) is 3.51. The largest absolute Gasteiger partial charge is 0.491 e. The van der Waals surface area contributed by atoms with Crippen LogP contribution in [0.25, 0.3) is 0 Å². The second kappa shape index (κ2) is 5.33. The molecule has 0 amide bonds. The summed E-state index contributed by atoms with van der Waals surface area (Å²) in [6.45, 7) is 4.48. The molecule has 1 aliphatic rings. The number of para-hydroxylation sites is 1. The van der Waals surface area contributed by atoms with Gasteiger partial charge >= 0.3 is 0 Å². The van der Waals surface area contributed by atoms with Crippen LogP contribution in [0.2, 0.25) is 0 Å². The smallest absolute Gasteiger partial charge is 0.124 e. The van der Waals surface area contributed by atoms with Crippen molar-refractivity contribution in [1.82, 2.24) is 4.98 Å². The minimum absolute atomic E-state index is 0.0931. The Labute approximate surface area is 129 Å². The van der Waals surface area contributed by atoms with Crippen molar-refractivity contribution in [1.29, 1.82) is 0 Å². The lowest BCUT2D eigenvalue weighted by atomic mass is 10.1. The monoisotopic (exact) mass is 299 g/mol. The number of aromatic nitrogens is 1. The van der Waals surface area contributed by atoms with Gasteiger partial charge in [0.25, 0.3) is 0 Å². The summed E-state index contributed by atoms with van der Waals surface area (Å²) in [7, 11) is 0. The molecule has 0 spiro atoms. The number of benzene rings is 1. The van der Waals surface area contributed by atoms with Crippen LogP contribution in [0.4, 0.5) is 5.69 Å². The molecule has 1 aromatic heterocycles. The van der Waals surface area contributed by atoms with E-state index >= 15 is 0 Å². The average Bonchev–Trinajstić information content (AvgIpc) is 2.81. The molecule has 1 aromatic carbocycles. The molecule has 21 heavy (non-hydrogen) atoms. The maximum atomic E-state index is 5.85. The summed E-state index contributed by atoms with van der Waals surface area (Å²) in [6.07, 6.45) is 0. The molecule has 0 radical (unpaired) electrons. The fourth-order valence-electron chi connectivity index (χ4n) is 2.72. The summed E-state index contributed by atoms with van der Waals surface area (Å²) >= 11 is 5.17. The van der Waals surface area contributed by atoms with Crippen molar-refractivity contribution >= 4 is 22.9 Å². The van der Waals surface area contributed by atoms with Crippen molar-refractivity contribution in [3.63, 3.8) is 0 Å². The first-order chi connectivity index (χ1) is 10.1.